The molecule has 1 fully saturated rings. The summed E-state index contributed by atoms with van der Waals surface area (Å²) >= 11 is 0. The van der Waals surface area contributed by atoms with Crippen LogP contribution in [0.5, 0.6) is 5.75 Å². The molecule has 0 saturated carbocycles. The van der Waals surface area contributed by atoms with Gasteiger partial charge in [-0.15, -0.1) is 0 Å². The van der Waals surface area contributed by atoms with Gasteiger partial charge in [-0.3, -0.25) is 4.99 Å². The van der Waals surface area contributed by atoms with Crippen LogP contribution in [-0.2, 0) is 15.7 Å². The Morgan fingerprint density at radius 3 is 2.83 bits per heavy atom. The van der Waals surface area contributed by atoms with Crippen molar-refractivity contribution in [1.29, 1.82) is 0 Å². The van der Waals surface area contributed by atoms with Crippen LogP contribution >= 0.6 is 0 Å². The van der Waals surface area contributed by atoms with Crippen molar-refractivity contribution in [1.82, 2.24) is 10.6 Å². The standard InChI is InChI=1S/C21H32F3N3O3/c1-3-18(30-19-7-4-6-17(12-19)21(22,23)24)13-27-20(25-2)26-9-5-10-28-14-16-8-11-29-15-16/h4,6-7,12,16,18H,3,5,8-11,13-15H2,1-2H3,(H2,25,26,27). The van der Waals surface area contributed by atoms with Crippen LogP contribution in [0, 0.1) is 5.92 Å². The molecule has 0 radical (unpaired) electrons. The van der Waals surface area contributed by atoms with Gasteiger partial charge in [0.1, 0.15) is 11.9 Å². The van der Waals surface area contributed by atoms with E-state index >= 15 is 0 Å². The second kappa shape index (κ2) is 12.6. The monoisotopic (exact) mass is 431 g/mol. The third-order valence-corrected chi connectivity index (χ3v) is 4.78. The fraction of sp³-hybridized carbons (Fsp3) is 0.667. The Kier molecular flexibility index (Phi) is 10.2. The van der Waals surface area contributed by atoms with E-state index in [-0.39, 0.29) is 11.9 Å². The van der Waals surface area contributed by atoms with Gasteiger partial charge < -0.3 is 24.8 Å². The van der Waals surface area contributed by atoms with E-state index in [0.29, 0.717) is 38.0 Å². The first-order valence-corrected chi connectivity index (χ1v) is 10.4. The number of guanidine groups is 1. The molecule has 1 heterocycles. The van der Waals surface area contributed by atoms with Gasteiger partial charge in [-0.25, -0.2) is 0 Å². The summed E-state index contributed by atoms with van der Waals surface area (Å²) in [5.74, 6) is 1.33. The van der Waals surface area contributed by atoms with Gasteiger partial charge in [0, 0.05) is 32.7 Å². The predicted octanol–water partition coefficient (Wildman–Crippen LogP) is 3.47. The Balaban J connectivity index is 1.67. The van der Waals surface area contributed by atoms with E-state index < -0.39 is 11.7 Å². The number of nitrogens with one attached hydrogen (secondary N) is 2. The highest BCUT2D eigenvalue weighted by Gasteiger charge is 2.30. The summed E-state index contributed by atoms with van der Waals surface area (Å²) in [6, 6.07) is 4.93. The van der Waals surface area contributed by atoms with Crippen LogP contribution in [0.2, 0.25) is 0 Å². The van der Waals surface area contributed by atoms with E-state index in [1.54, 1.807) is 7.05 Å². The van der Waals surface area contributed by atoms with Gasteiger partial charge in [-0.05, 0) is 37.5 Å². The van der Waals surface area contributed by atoms with Crippen molar-refractivity contribution in [3.8, 4) is 5.75 Å². The van der Waals surface area contributed by atoms with Gasteiger partial charge in [-0.2, -0.15) is 13.2 Å². The van der Waals surface area contributed by atoms with E-state index in [9.17, 15) is 13.2 Å². The number of hydrogen-bond donors (Lipinski definition) is 2. The Morgan fingerprint density at radius 1 is 1.33 bits per heavy atom. The van der Waals surface area contributed by atoms with E-state index in [2.05, 4.69) is 15.6 Å². The highest BCUT2D eigenvalue weighted by molar-refractivity contribution is 5.79. The largest absolute Gasteiger partial charge is 0.489 e. The van der Waals surface area contributed by atoms with Crippen molar-refractivity contribution in [2.24, 2.45) is 10.9 Å². The van der Waals surface area contributed by atoms with Crippen molar-refractivity contribution in [2.75, 3.05) is 46.6 Å². The molecule has 2 N–H and O–H groups in total. The first-order chi connectivity index (χ1) is 14.4. The maximum atomic E-state index is 12.9. The molecular formula is C21H32F3N3O3. The lowest BCUT2D eigenvalue weighted by molar-refractivity contribution is -0.137. The molecule has 1 aromatic rings. The minimum atomic E-state index is -4.39. The number of benzene rings is 1. The third kappa shape index (κ3) is 8.79. The van der Waals surface area contributed by atoms with E-state index in [1.165, 1.54) is 12.1 Å². The molecule has 9 heteroatoms. The lowest BCUT2D eigenvalue weighted by atomic mass is 10.1. The fourth-order valence-corrected chi connectivity index (χ4v) is 2.98. The molecule has 6 nitrogen and oxygen atoms in total. The molecule has 170 valence electrons. The number of nitrogens with zero attached hydrogens (tertiary/aromatic N) is 1. The third-order valence-electron chi connectivity index (χ3n) is 4.78. The highest BCUT2D eigenvalue weighted by atomic mass is 19.4. The highest BCUT2D eigenvalue weighted by Crippen LogP contribution is 2.31. The van der Waals surface area contributed by atoms with Crippen molar-refractivity contribution >= 4 is 5.96 Å². The Morgan fingerprint density at radius 2 is 2.17 bits per heavy atom. The fourth-order valence-electron chi connectivity index (χ4n) is 2.98. The van der Waals surface area contributed by atoms with Gasteiger partial charge in [0.2, 0.25) is 0 Å². The van der Waals surface area contributed by atoms with Crippen molar-refractivity contribution in [3.05, 3.63) is 29.8 Å². The van der Waals surface area contributed by atoms with Gasteiger partial charge >= 0.3 is 6.18 Å². The number of alkyl halides is 3. The zero-order valence-corrected chi connectivity index (χ0v) is 17.6. The molecule has 30 heavy (non-hydrogen) atoms. The minimum absolute atomic E-state index is 0.200. The smallest absolute Gasteiger partial charge is 0.416 e. The van der Waals surface area contributed by atoms with Crippen LogP contribution in [0.25, 0.3) is 0 Å². The molecular weight excluding hydrogens is 399 g/mol. The first kappa shape index (κ1) is 24.3. The van der Waals surface area contributed by atoms with Crippen LogP contribution < -0.4 is 15.4 Å². The molecule has 0 amide bonds. The zero-order chi connectivity index (χ0) is 21.8. The van der Waals surface area contributed by atoms with Crippen LogP contribution in [0.15, 0.2) is 29.3 Å². The molecule has 1 aliphatic rings. The lowest BCUT2D eigenvalue weighted by Crippen LogP contribution is -2.42. The van der Waals surface area contributed by atoms with Gasteiger partial charge in [0.15, 0.2) is 5.96 Å². The van der Waals surface area contributed by atoms with Crippen molar-refractivity contribution in [3.63, 3.8) is 0 Å². The average molecular weight is 431 g/mol. The van der Waals surface area contributed by atoms with Gasteiger partial charge in [0.25, 0.3) is 0 Å². The Hall–Kier alpha value is -2.00. The summed E-state index contributed by atoms with van der Waals surface area (Å²) in [7, 11) is 1.67. The van der Waals surface area contributed by atoms with E-state index in [1.807, 2.05) is 6.92 Å². The summed E-state index contributed by atoms with van der Waals surface area (Å²) in [4.78, 5) is 4.16. The van der Waals surface area contributed by atoms with Crippen molar-refractivity contribution in [2.45, 2.75) is 38.5 Å². The molecule has 0 spiro atoms. The minimum Gasteiger partial charge on any atom is -0.489 e. The zero-order valence-electron chi connectivity index (χ0n) is 17.6. The molecule has 0 aromatic heterocycles. The molecule has 2 atom stereocenters. The lowest BCUT2D eigenvalue weighted by Gasteiger charge is -2.20. The van der Waals surface area contributed by atoms with E-state index in [4.69, 9.17) is 14.2 Å². The molecule has 0 aliphatic carbocycles. The number of ether oxygens (including phenoxy) is 3. The Bertz CT molecular complexity index is 650. The molecule has 1 aliphatic heterocycles. The topological polar surface area (TPSA) is 64.1 Å². The predicted molar refractivity (Wildman–Crippen MR) is 110 cm³/mol. The second-order valence-electron chi connectivity index (χ2n) is 7.21. The first-order valence-electron chi connectivity index (χ1n) is 10.4. The van der Waals surface area contributed by atoms with Gasteiger partial charge in [-0.1, -0.05) is 13.0 Å². The van der Waals surface area contributed by atoms with E-state index in [0.717, 1.165) is 44.8 Å². The molecule has 1 aromatic carbocycles. The second-order valence-corrected chi connectivity index (χ2v) is 7.21. The number of halogens is 3. The van der Waals surface area contributed by atoms with Crippen LogP contribution in [0.4, 0.5) is 13.2 Å². The number of rotatable bonds is 11. The summed E-state index contributed by atoms with van der Waals surface area (Å²) in [5.41, 5.74) is -0.719. The number of hydrogen-bond acceptors (Lipinski definition) is 4. The summed E-state index contributed by atoms with van der Waals surface area (Å²) in [6.07, 6.45) is -2.13. The average Bonchev–Trinajstić information content (AvgIpc) is 3.24. The van der Waals surface area contributed by atoms with Crippen LogP contribution in [0.3, 0.4) is 0 Å². The quantitative estimate of drug-likeness (QED) is 0.319. The van der Waals surface area contributed by atoms with Crippen LogP contribution in [-0.4, -0.2) is 58.6 Å². The number of aliphatic imine (C=N–C) groups is 1. The summed E-state index contributed by atoms with van der Waals surface area (Å²) in [5, 5.41) is 6.36. The molecule has 2 rings (SSSR count). The maximum absolute atomic E-state index is 12.9. The van der Waals surface area contributed by atoms with Crippen LogP contribution in [0.1, 0.15) is 31.7 Å². The summed E-state index contributed by atoms with van der Waals surface area (Å²) < 4.78 is 55.3. The molecule has 1 saturated heterocycles. The van der Waals surface area contributed by atoms with Crippen molar-refractivity contribution < 1.29 is 27.4 Å². The summed E-state index contributed by atoms with van der Waals surface area (Å²) in [6.45, 7) is 6.05. The Labute approximate surface area is 176 Å². The normalized spacial score (nSPS) is 18.3. The molecule has 2 unspecified atom stereocenters. The molecule has 0 bridgehead atoms. The SMILES string of the molecule is CCC(CNC(=NC)NCCCOCC1CCOC1)Oc1cccc(C(F)(F)F)c1. The maximum Gasteiger partial charge on any atom is 0.416 e. The van der Waals surface area contributed by atoms with Gasteiger partial charge in [0.05, 0.1) is 25.3 Å².